The number of hydrogen-bond donors (Lipinski definition) is 0. The van der Waals surface area contributed by atoms with Crippen molar-refractivity contribution in [2.24, 2.45) is 0 Å². The van der Waals surface area contributed by atoms with Gasteiger partial charge in [-0.15, -0.1) is 10.2 Å². The van der Waals surface area contributed by atoms with E-state index in [9.17, 15) is 8.42 Å². The Morgan fingerprint density at radius 2 is 1.41 bits per heavy atom. The van der Waals surface area contributed by atoms with E-state index >= 15 is 0 Å². The number of benzene rings is 1. The molecule has 140 valence electrons. The average Bonchev–Trinajstić information content (AvgIpc) is 3.23. The standard InChI is InChI=1S/C18H18ClN5O2S/c19-15-3-5-16(6-4-15)27(25,26)24-13-11-23(12-14-24)18-8-7-17(20-21-18)22-9-1-2-10-22/h1-10H,11-14H2. The van der Waals surface area contributed by atoms with Crippen molar-refractivity contribution < 1.29 is 8.42 Å². The van der Waals surface area contributed by atoms with E-state index in [1.807, 2.05) is 46.1 Å². The molecule has 0 aliphatic carbocycles. The zero-order valence-electron chi connectivity index (χ0n) is 14.4. The van der Waals surface area contributed by atoms with Crippen LogP contribution < -0.4 is 4.90 Å². The molecule has 0 spiro atoms. The molecule has 0 bridgehead atoms. The third-order valence-electron chi connectivity index (χ3n) is 4.52. The monoisotopic (exact) mass is 403 g/mol. The summed E-state index contributed by atoms with van der Waals surface area (Å²) in [6.07, 6.45) is 3.81. The molecule has 0 radical (unpaired) electrons. The van der Waals surface area contributed by atoms with Gasteiger partial charge >= 0.3 is 0 Å². The lowest BCUT2D eigenvalue weighted by Crippen LogP contribution is -2.49. The maximum absolute atomic E-state index is 12.8. The minimum Gasteiger partial charge on any atom is -0.352 e. The molecule has 1 aliphatic rings. The van der Waals surface area contributed by atoms with E-state index in [0.29, 0.717) is 31.2 Å². The van der Waals surface area contributed by atoms with E-state index < -0.39 is 10.0 Å². The molecule has 0 atom stereocenters. The largest absolute Gasteiger partial charge is 0.352 e. The van der Waals surface area contributed by atoms with Gasteiger partial charge in [0.1, 0.15) is 0 Å². The van der Waals surface area contributed by atoms with Crippen molar-refractivity contribution in [3.63, 3.8) is 0 Å². The van der Waals surface area contributed by atoms with Crippen LogP contribution in [0.2, 0.25) is 5.02 Å². The van der Waals surface area contributed by atoms with Gasteiger partial charge in [-0.05, 0) is 48.5 Å². The van der Waals surface area contributed by atoms with Crippen LogP contribution in [0.25, 0.3) is 5.82 Å². The Balaban J connectivity index is 1.43. The van der Waals surface area contributed by atoms with Crippen LogP contribution in [0, 0.1) is 0 Å². The highest BCUT2D eigenvalue weighted by atomic mass is 35.5. The molecule has 27 heavy (non-hydrogen) atoms. The molecule has 0 amide bonds. The van der Waals surface area contributed by atoms with Gasteiger partial charge in [-0.2, -0.15) is 4.31 Å². The minimum absolute atomic E-state index is 0.260. The summed E-state index contributed by atoms with van der Waals surface area (Å²) in [7, 11) is -3.51. The Hall–Kier alpha value is -2.42. The summed E-state index contributed by atoms with van der Waals surface area (Å²) in [5.74, 6) is 1.49. The molecule has 0 saturated carbocycles. The average molecular weight is 404 g/mol. The SMILES string of the molecule is O=S(=O)(c1ccc(Cl)cc1)N1CCN(c2ccc(-n3cccc3)nn2)CC1. The summed E-state index contributed by atoms with van der Waals surface area (Å²) in [6.45, 7) is 1.91. The van der Waals surface area contributed by atoms with Gasteiger partial charge in [-0.1, -0.05) is 11.6 Å². The van der Waals surface area contributed by atoms with E-state index in [0.717, 1.165) is 11.6 Å². The summed E-state index contributed by atoms with van der Waals surface area (Å²) >= 11 is 5.85. The van der Waals surface area contributed by atoms with E-state index in [4.69, 9.17) is 11.6 Å². The number of aromatic nitrogens is 3. The summed E-state index contributed by atoms with van der Waals surface area (Å²) in [4.78, 5) is 2.30. The van der Waals surface area contributed by atoms with Crippen LogP contribution in [0.5, 0.6) is 0 Å². The van der Waals surface area contributed by atoms with Crippen LogP contribution >= 0.6 is 11.6 Å². The van der Waals surface area contributed by atoms with Crippen LogP contribution in [-0.4, -0.2) is 53.7 Å². The van der Waals surface area contributed by atoms with Crippen molar-refractivity contribution in [1.29, 1.82) is 0 Å². The van der Waals surface area contributed by atoms with E-state index in [1.165, 1.54) is 16.4 Å². The molecule has 0 unspecified atom stereocenters. The Morgan fingerprint density at radius 3 is 2.00 bits per heavy atom. The Bertz CT molecular complexity index is 997. The van der Waals surface area contributed by atoms with Crippen LogP contribution in [0.3, 0.4) is 0 Å². The lowest BCUT2D eigenvalue weighted by molar-refractivity contribution is 0.383. The fraction of sp³-hybridized carbons (Fsp3) is 0.222. The maximum atomic E-state index is 12.8. The number of nitrogens with zero attached hydrogens (tertiary/aromatic N) is 5. The number of piperazine rings is 1. The lowest BCUT2D eigenvalue weighted by Gasteiger charge is -2.34. The molecule has 3 aromatic rings. The lowest BCUT2D eigenvalue weighted by atomic mass is 10.3. The predicted octanol–water partition coefficient (Wildman–Crippen LogP) is 2.43. The first-order valence-electron chi connectivity index (χ1n) is 8.52. The first-order valence-corrected chi connectivity index (χ1v) is 10.3. The van der Waals surface area contributed by atoms with Gasteiger partial charge in [0.15, 0.2) is 11.6 Å². The van der Waals surface area contributed by atoms with Crippen LogP contribution in [-0.2, 0) is 10.0 Å². The third kappa shape index (κ3) is 3.69. The molecule has 9 heteroatoms. The highest BCUT2D eigenvalue weighted by Crippen LogP contribution is 2.21. The number of halogens is 1. The summed E-state index contributed by atoms with van der Waals surface area (Å²) in [6, 6.07) is 13.9. The number of hydrogen-bond acceptors (Lipinski definition) is 5. The third-order valence-corrected chi connectivity index (χ3v) is 6.68. The highest BCUT2D eigenvalue weighted by Gasteiger charge is 2.29. The highest BCUT2D eigenvalue weighted by molar-refractivity contribution is 7.89. The molecule has 7 nitrogen and oxygen atoms in total. The smallest absolute Gasteiger partial charge is 0.243 e. The number of sulfonamides is 1. The summed E-state index contributed by atoms with van der Waals surface area (Å²) in [5.41, 5.74) is 0. The molecule has 1 saturated heterocycles. The normalized spacial score (nSPS) is 15.8. The Labute approximate surface area is 162 Å². The molecule has 2 aromatic heterocycles. The van der Waals surface area contributed by atoms with Gasteiger partial charge in [0, 0.05) is 43.6 Å². The van der Waals surface area contributed by atoms with Gasteiger partial charge < -0.3 is 9.47 Å². The van der Waals surface area contributed by atoms with Gasteiger partial charge in [0.05, 0.1) is 4.90 Å². The minimum atomic E-state index is -3.51. The van der Waals surface area contributed by atoms with Crippen molar-refractivity contribution >= 4 is 27.4 Å². The fourth-order valence-electron chi connectivity index (χ4n) is 3.03. The zero-order chi connectivity index (χ0) is 18.9. The topological polar surface area (TPSA) is 71.3 Å². The molecule has 1 aromatic carbocycles. The van der Waals surface area contributed by atoms with E-state index in [-0.39, 0.29) is 4.90 Å². The molecule has 4 rings (SSSR count). The zero-order valence-corrected chi connectivity index (χ0v) is 16.0. The predicted molar refractivity (Wildman–Crippen MR) is 104 cm³/mol. The molecular weight excluding hydrogens is 386 g/mol. The van der Waals surface area contributed by atoms with Gasteiger partial charge in [0.25, 0.3) is 0 Å². The van der Waals surface area contributed by atoms with E-state index in [1.54, 1.807) is 12.1 Å². The number of anilines is 1. The van der Waals surface area contributed by atoms with Crippen LogP contribution in [0.4, 0.5) is 5.82 Å². The van der Waals surface area contributed by atoms with Crippen molar-refractivity contribution in [3.05, 3.63) is 65.9 Å². The quantitative estimate of drug-likeness (QED) is 0.669. The Morgan fingerprint density at radius 1 is 0.815 bits per heavy atom. The van der Waals surface area contributed by atoms with Crippen LogP contribution in [0.1, 0.15) is 0 Å². The molecular formula is C18H18ClN5O2S. The van der Waals surface area contributed by atoms with E-state index in [2.05, 4.69) is 10.2 Å². The van der Waals surface area contributed by atoms with Crippen LogP contribution in [0.15, 0.2) is 65.8 Å². The van der Waals surface area contributed by atoms with Gasteiger partial charge in [0.2, 0.25) is 10.0 Å². The Kier molecular flexibility index (Phi) is 4.86. The summed E-state index contributed by atoms with van der Waals surface area (Å²) < 4.78 is 28.9. The van der Waals surface area contributed by atoms with Crippen molar-refractivity contribution in [1.82, 2.24) is 19.1 Å². The fourth-order valence-corrected chi connectivity index (χ4v) is 4.57. The second kappa shape index (κ2) is 7.30. The molecule has 0 N–H and O–H groups in total. The second-order valence-electron chi connectivity index (χ2n) is 6.19. The van der Waals surface area contributed by atoms with Gasteiger partial charge in [-0.25, -0.2) is 8.42 Å². The van der Waals surface area contributed by atoms with Crippen molar-refractivity contribution in [3.8, 4) is 5.82 Å². The number of rotatable bonds is 4. The first kappa shape index (κ1) is 18.0. The molecule has 3 heterocycles. The van der Waals surface area contributed by atoms with Crippen molar-refractivity contribution in [2.45, 2.75) is 4.90 Å². The molecule has 1 aliphatic heterocycles. The molecule has 1 fully saturated rings. The second-order valence-corrected chi connectivity index (χ2v) is 8.56. The van der Waals surface area contributed by atoms with Gasteiger partial charge in [-0.3, -0.25) is 0 Å². The van der Waals surface area contributed by atoms with Crippen molar-refractivity contribution in [2.75, 3.05) is 31.1 Å². The summed E-state index contributed by atoms with van der Waals surface area (Å²) in [5, 5.41) is 9.05. The maximum Gasteiger partial charge on any atom is 0.243 e. The first-order chi connectivity index (χ1) is 13.0.